The van der Waals surface area contributed by atoms with Gasteiger partial charge in [0.25, 0.3) is 5.91 Å². The highest BCUT2D eigenvalue weighted by Gasteiger charge is 2.54. The first-order chi connectivity index (χ1) is 16.8. The minimum atomic E-state index is -4.04. The van der Waals surface area contributed by atoms with Crippen LogP contribution in [0.4, 0.5) is 18.9 Å². The molecule has 2 aliphatic rings. The van der Waals surface area contributed by atoms with E-state index in [9.17, 15) is 36.3 Å². The molecule has 0 aliphatic heterocycles. The Kier molecular flexibility index (Phi) is 7.11. The summed E-state index contributed by atoms with van der Waals surface area (Å²) in [7, 11) is -4.04. The summed E-state index contributed by atoms with van der Waals surface area (Å²) in [5.41, 5.74) is -1.69. The standard InChI is InChI=1S/C24H24ClF3N2O5S/c1-12(31)29-11-24(33)9-14-2-3-15(10-24)22(14)36(34,35)20-6-13(4-5-17(20)25)23(32)30-16-7-18(26)21(28)19(27)8-16/h4-8,14-15,22,33H,2-3,9-11H2,1H3,(H,29,31)(H,30,32). The van der Waals surface area contributed by atoms with Crippen molar-refractivity contribution in [2.45, 2.75) is 48.4 Å². The highest BCUT2D eigenvalue weighted by atomic mass is 35.5. The SMILES string of the molecule is CC(=O)NCC1(O)CC2CCC(C1)C2S(=O)(=O)c1cc(C(=O)Nc2cc(F)c(F)c(F)c2)ccc1Cl. The Morgan fingerprint density at radius 2 is 1.67 bits per heavy atom. The average Bonchev–Trinajstić information content (AvgIpc) is 3.09. The molecule has 2 saturated carbocycles. The zero-order valence-electron chi connectivity index (χ0n) is 19.2. The Morgan fingerprint density at radius 3 is 2.22 bits per heavy atom. The largest absolute Gasteiger partial charge is 0.388 e. The van der Waals surface area contributed by atoms with Crippen LogP contribution < -0.4 is 10.6 Å². The number of hydrogen-bond donors (Lipinski definition) is 3. The molecule has 2 aromatic carbocycles. The molecule has 2 aliphatic carbocycles. The third-order valence-corrected chi connectivity index (χ3v) is 9.77. The lowest BCUT2D eigenvalue weighted by Crippen LogP contribution is -2.51. The van der Waals surface area contributed by atoms with E-state index < -0.39 is 44.0 Å². The van der Waals surface area contributed by atoms with E-state index in [1.165, 1.54) is 19.1 Å². The molecule has 2 atom stereocenters. The van der Waals surface area contributed by atoms with Crippen molar-refractivity contribution in [2.24, 2.45) is 11.8 Å². The molecule has 0 saturated heterocycles. The van der Waals surface area contributed by atoms with Crippen LogP contribution in [0.5, 0.6) is 0 Å². The van der Waals surface area contributed by atoms with E-state index in [2.05, 4.69) is 10.6 Å². The van der Waals surface area contributed by atoms with Crippen molar-refractivity contribution < 1.29 is 36.3 Å². The van der Waals surface area contributed by atoms with Gasteiger partial charge in [-0.25, -0.2) is 21.6 Å². The second kappa shape index (κ2) is 9.68. The predicted octanol–water partition coefficient (Wildman–Crippen LogP) is 3.84. The molecule has 2 amide bonds. The third kappa shape index (κ3) is 5.09. The molecule has 12 heteroatoms. The number of nitrogens with one attached hydrogen (secondary N) is 2. The minimum Gasteiger partial charge on any atom is -0.388 e. The Hall–Kier alpha value is -2.63. The zero-order valence-corrected chi connectivity index (χ0v) is 20.7. The number of carbonyl (C=O) groups excluding carboxylic acids is 2. The number of aliphatic hydroxyl groups is 1. The number of rotatable bonds is 6. The maximum atomic E-state index is 13.7. The van der Waals surface area contributed by atoms with Gasteiger partial charge in [0.2, 0.25) is 5.91 Å². The zero-order chi connectivity index (χ0) is 26.4. The van der Waals surface area contributed by atoms with Crippen LogP contribution >= 0.6 is 11.6 Å². The van der Waals surface area contributed by atoms with Crippen LogP contribution in [0, 0.1) is 29.3 Å². The van der Waals surface area contributed by atoms with Gasteiger partial charge in [0, 0.05) is 36.9 Å². The summed E-state index contributed by atoms with van der Waals surface area (Å²) < 4.78 is 67.6. The van der Waals surface area contributed by atoms with Crippen LogP contribution in [0.15, 0.2) is 35.2 Å². The Balaban J connectivity index is 1.59. The fourth-order valence-electron chi connectivity index (χ4n) is 5.42. The number of sulfone groups is 1. The number of amides is 2. The van der Waals surface area contributed by atoms with Crippen molar-refractivity contribution in [1.29, 1.82) is 0 Å². The highest BCUT2D eigenvalue weighted by Crippen LogP contribution is 2.51. The van der Waals surface area contributed by atoms with Crippen molar-refractivity contribution in [2.75, 3.05) is 11.9 Å². The lowest BCUT2D eigenvalue weighted by molar-refractivity contribution is -0.121. The van der Waals surface area contributed by atoms with Crippen molar-refractivity contribution in [3.8, 4) is 0 Å². The van der Waals surface area contributed by atoms with Crippen molar-refractivity contribution in [1.82, 2.24) is 5.32 Å². The molecule has 4 rings (SSSR count). The van der Waals surface area contributed by atoms with Crippen LogP contribution in [-0.2, 0) is 14.6 Å². The lowest BCUT2D eigenvalue weighted by Gasteiger charge is -2.41. The van der Waals surface area contributed by atoms with E-state index in [-0.39, 0.29) is 58.3 Å². The van der Waals surface area contributed by atoms with Gasteiger partial charge >= 0.3 is 0 Å². The first-order valence-electron chi connectivity index (χ1n) is 11.3. The van der Waals surface area contributed by atoms with Gasteiger partial charge in [-0.2, -0.15) is 0 Å². The summed E-state index contributed by atoms with van der Waals surface area (Å²) in [6, 6.07) is 4.81. The number of benzene rings is 2. The summed E-state index contributed by atoms with van der Waals surface area (Å²) in [4.78, 5) is 23.7. The summed E-state index contributed by atoms with van der Waals surface area (Å²) >= 11 is 6.23. The van der Waals surface area contributed by atoms with E-state index in [1.807, 2.05) is 0 Å². The van der Waals surface area contributed by atoms with Crippen LogP contribution in [0.2, 0.25) is 5.02 Å². The van der Waals surface area contributed by atoms with Gasteiger partial charge < -0.3 is 15.7 Å². The molecule has 194 valence electrons. The number of hydrogen-bond acceptors (Lipinski definition) is 5. The van der Waals surface area contributed by atoms with Crippen LogP contribution in [-0.4, -0.2) is 42.7 Å². The molecule has 36 heavy (non-hydrogen) atoms. The summed E-state index contributed by atoms with van der Waals surface area (Å²) in [5.74, 6) is -6.56. The van der Waals surface area contributed by atoms with Crippen LogP contribution in [0.3, 0.4) is 0 Å². The smallest absolute Gasteiger partial charge is 0.255 e. The van der Waals surface area contributed by atoms with E-state index in [0.29, 0.717) is 25.0 Å². The second-order valence-corrected chi connectivity index (χ2v) is 12.0. The van der Waals surface area contributed by atoms with Crippen molar-refractivity contribution >= 4 is 38.9 Å². The van der Waals surface area contributed by atoms with Gasteiger partial charge in [-0.1, -0.05) is 11.6 Å². The Labute approximate surface area is 210 Å². The fourth-order valence-corrected chi connectivity index (χ4v) is 8.26. The first-order valence-corrected chi connectivity index (χ1v) is 13.2. The summed E-state index contributed by atoms with van der Waals surface area (Å²) in [6.45, 7) is 1.37. The summed E-state index contributed by atoms with van der Waals surface area (Å²) in [5, 5.41) is 14.9. The molecule has 0 spiro atoms. The van der Waals surface area contributed by atoms with Crippen molar-refractivity contribution in [3.05, 3.63) is 58.4 Å². The topological polar surface area (TPSA) is 113 Å². The highest BCUT2D eigenvalue weighted by molar-refractivity contribution is 7.92. The van der Waals surface area contributed by atoms with Gasteiger partial charge in [0.15, 0.2) is 27.3 Å². The van der Waals surface area contributed by atoms with Gasteiger partial charge in [-0.05, 0) is 55.7 Å². The molecule has 2 aromatic rings. The average molecular weight is 545 g/mol. The fraction of sp³-hybridized carbons (Fsp3) is 0.417. The number of anilines is 1. The summed E-state index contributed by atoms with van der Waals surface area (Å²) in [6.07, 6.45) is 1.53. The normalized spacial score (nSPS) is 25.4. The van der Waals surface area contributed by atoms with Gasteiger partial charge in [0.05, 0.1) is 20.8 Å². The molecular formula is C24H24ClF3N2O5S. The predicted molar refractivity (Wildman–Crippen MR) is 126 cm³/mol. The molecule has 2 bridgehead atoms. The number of fused-ring (bicyclic) bond motifs is 2. The molecule has 2 fully saturated rings. The second-order valence-electron chi connectivity index (χ2n) is 9.50. The number of carbonyl (C=O) groups is 2. The Morgan fingerprint density at radius 1 is 1.08 bits per heavy atom. The van der Waals surface area contributed by atoms with Crippen LogP contribution in [0.1, 0.15) is 43.0 Å². The number of halogens is 4. The maximum absolute atomic E-state index is 13.7. The Bertz CT molecular complexity index is 1300. The van der Waals surface area contributed by atoms with E-state index in [1.54, 1.807) is 0 Å². The van der Waals surface area contributed by atoms with Crippen LogP contribution in [0.25, 0.3) is 0 Å². The minimum absolute atomic E-state index is 0.0308. The van der Waals surface area contributed by atoms with Crippen molar-refractivity contribution in [3.63, 3.8) is 0 Å². The molecular weight excluding hydrogens is 521 g/mol. The maximum Gasteiger partial charge on any atom is 0.255 e. The van der Waals surface area contributed by atoms with Gasteiger partial charge in [0.1, 0.15) is 0 Å². The van der Waals surface area contributed by atoms with Gasteiger partial charge in [-0.15, -0.1) is 0 Å². The molecule has 0 radical (unpaired) electrons. The monoisotopic (exact) mass is 544 g/mol. The van der Waals surface area contributed by atoms with E-state index >= 15 is 0 Å². The molecule has 0 aromatic heterocycles. The first kappa shape index (κ1) is 26.4. The van der Waals surface area contributed by atoms with E-state index in [4.69, 9.17) is 11.6 Å². The lowest BCUT2D eigenvalue weighted by atomic mass is 9.77. The third-order valence-electron chi connectivity index (χ3n) is 6.89. The molecule has 0 heterocycles. The molecule has 2 unspecified atom stereocenters. The van der Waals surface area contributed by atoms with E-state index in [0.717, 1.165) is 6.07 Å². The quantitative estimate of drug-likeness (QED) is 0.478. The molecule has 7 nitrogen and oxygen atoms in total. The van der Waals surface area contributed by atoms with Gasteiger partial charge in [-0.3, -0.25) is 9.59 Å². The molecule has 3 N–H and O–H groups in total.